The lowest BCUT2D eigenvalue weighted by Gasteiger charge is -2.10. The van der Waals surface area contributed by atoms with Crippen LogP contribution in [0.2, 0.25) is 10.0 Å². The minimum atomic E-state index is -0.511. The van der Waals surface area contributed by atoms with Crippen LogP contribution in [0.1, 0.15) is 40.0 Å². The molecule has 30 heavy (non-hydrogen) atoms. The van der Waals surface area contributed by atoms with Gasteiger partial charge in [0.2, 0.25) is 6.41 Å². The summed E-state index contributed by atoms with van der Waals surface area (Å²) in [5.74, 6) is -0.240. The van der Waals surface area contributed by atoms with Crippen molar-refractivity contribution in [3.8, 4) is 0 Å². The number of hydrogen-bond donors (Lipinski definition) is 2. The number of nitrogens with two attached hydrogens (primary N) is 1. The van der Waals surface area contributed by atoms with Crippen LogP contribution in [0, 0.1) is 0 Å². The first kappa shape index (κ1) is 32.7. The van der Waals surface area contributed by atoms with Crippen molar-refractivity contribution in [3.63, 3.8) is 0 Å². The van der Waals surface area contributed by atoms with E-state index in [1.165, 1.54) is 26.4 Å². The predicted octanol–water partition coefficient (Wildman–Crippen LogP) is 4.65. The summed E-state index contributed by atoms with van der Waals surface area (Å²) in [7, 11) is 3.17. The maximum Gasteiger partial charge on any atom is 0.253 e. The molecule has 9 heteroatoms. The Labute approximate surface area is 189 Å². The zero-order valence-corrected chi connectivity index (χ0v) is 19.8. The van der Waals surface area contributed by atoms with Gasteiger partial charge in [0.1, 0.15) is 12.9 Å². The number of carbonyl (C=O) groups is 3. The molecule has 0 saturated carbocycles. The van der Waals surface area contributed by atoms with Gasteiger partial charge in [-0.2, -0.15) is 0 Å². The van der Waals surface area contributed by atoms with Gasteiger partial charge in [-0.05, 0) is 58.2 Å². The Morgan fingerprint density at radius 3 is 1.73 bits per heavy atom. The standard InChI is InChI=1S/C10H11Cl2NO2.C5H8.C4H10O.CH3NO.CH2O/c1-6(15-2)10(14)13-9-4-7(11)3-8(12)5-9;1-2-4-5-3-1;1-4(2)5-3;2-1-3;1-2/h3-6H,1-2H3,(H,13,14);1-2H,3-5H2;4H,1-3H3;1H,(H2,2,3);1H2. The molecular weight excluding hydrogens is 431 g/mol. The summed E-state index contributed by atoms with van der Waals surface area (Å²) in [4.78, 5) is 28.0. The van der Waals surface area contributed by atoms with Gasteiger partial charge in [-0.25, -0.2) is 0 Å². The third-order valence-electron chi connectivity index (χ3n) is 3.23. The molecule has 0 fully saturated rings. The van der Waals surface area contributed by atoms with Crippen LogP contribution in [-0.4, -0.2) is 45.5 Å². The number of rotatable bonds is 4. The lowest BCUT2D eigenvalue weighted by Crippen LogP contribution is -2.26. The molecule has 0 saturated heterocycles. The van der Waals surface area contributed by atoms with Crippen molar-refractivity contribution >= 4 is 48.0 Å². The third-order valence-corrected chi connectivity index (χ3v) is 3.67. The number of halogens is 2. The molecule has 1 unspecified atom stereocenters. The number of allylic oxidation sites excluding steroid dienone is 2. The number of benzene rings is 1. The minimum Gasteiger partial charge on any atom is -0.382 e. The number of methoxy groups -OCH3 is 2. The van der Waals surface area contributed by atoms with Gasteiger partial charge in [0, 0.05) is 30.0 Å². The maximum absolute atomic E-state index is 11.4. The molecule has 1 aromatic rings. The topological polar surface area (TPSA) is 108 Å². The van der Waals surface area contributed by atoms with E-state index in [0.29, 0.717) is 21.8 Å². The van der Waals surface area contributed by atoms with Gasteiger partial charge in [-0.1, -0.05) is 35.4 Å². The second-order valence-electron chi connectivity index (χ2n) is 5.85. The van der Waals surface area contributed by atoms with Gasteiger partial charge in [-0.3, -0.25) is 9.59 Å². The second kappa shape index (κ2) is 23.3. The first-order valence-corrected chi connectivity index (χ1v) is 9.89. The van der Waals surface area contributed by atoms with Crippen LogP contribution in [0.25, 0.3) is 0 Å². The van der Waals surface area contributed by atoms with E-state index in [0.717, 1.165) is 0 Å². The molecular formula is C21H34Cl2N2O5. The van der Waals surface area contributed by atoms with Crippen LogP contribution in [-0.2, 0) is 23.9 Å². The second-order valence-corrected chi connectivity index (χ2v) is 6.72. The Balaban J connectivity index is -0.000000397. The van der Waals surface area contributed by atoms with Crippen LogP contribution in [0.3, 0.4) is 0 Å². The SMILES string of the molecule is C1=CCCC1.C=O.COC(C)C.COC(C)C(=O)Nc1cc(Cl)cc(Cl)c1.NC=O. The average molecular weight is 465 g/mol. The van der Waals surface area contributed by atoms with Crippen LogP contribution in [0.4, 0.5) is 5.69 Å². The molecule has 0 aromatic heterocycles. The van der Waals surface area contributed by atoms with E-state index in [4.69, 9.17) is 42.3 Å². The number of nitrogens with one attached hydrogen (secondary N) is 1. The van der Waals surface area contributed by atoms with E-state index >= 15 is 0 Å². The zero-order valence-electron chi connectivity index (χ0n) is 18.3. The van der Waals surface area contributed by atoms with Crippen molar-refractivity contribution in [3.05, 3.63) is 40.4 Å². The van der Waals surface area contributed by atoms with Gasteiger partial charge in [0.25, 0.3) is 5.91 Å². The molecule has 3 N–H and O–H groups in total. The Morgan fingerprint density at radius 1 is 1.07 bits per heavy atom. The van der Waals surface area contributed by atoms with E-state index < -0.39 is 6.10 Å². The molecule has 2 rings (SSSR count). The number of carbonyl (C=O) groups excluding carboxylic acids is 3. The summed E-state index contributed by atoms with van der Waals surface area (Å²) in [5.41, 5.74) is 4.72. The summed E-state index contributed by atoms with van der Waals surface area (Å²) in [6, 6.07) is 4.83. The molecule has 0 bridgehead atoms. The summed E-state index contributed by atoms with van der Waals surface area (Å²) >= 11 is 11.6. The molecule has 0 radical (unpaired) electrons. The smallest absolute Gasteiger partial charge is 0.253 e. The number of amides is 2. The van der Waals surface area contributed by atoms with Crippen LogP contribution >= 0.6 is 23.2 Å². The van der Waals surface area contributed by atoms with E-state index in [9.17, 15) is 4.79 Å². The highest BCUT2D eigenvalue weighted by atomic mass is 35.5. The molecule has 0 heterocycles. The first-order valence-electron chi connectivity index (χ1n) is 9.13. The average Bonchev–Trinajstić information content (AvgIpc) is 3.29. The Morgan fingerprint density at radius 2 is 1.47 bits per heavy atom. The fourth-order valence-electron chi connectivity index (χ4n) is 1.57. The Hall–Kier alpha value is -1.93. The lowest BCUT2D eigenvalue weighted by molar-refractivity contribution is -0.124. The van der Waals surface area contributed by atoms with Crippen molar-refractivity contribution in [1.82, 2.24) is 0 Å². The van der Waals surface area contributed by atoms with E-state index in [2.05, 4.69) is 23.2 Å². The molecule has 1 aliphatic carbocycles. The van der Waals surface area contributed by atoms with E-state index in [-0.39, 0.29) is 12.3 Å². The van der Waals surface area contributed by atoms with Gasteiger partial charge in [-0.15, -0.1) is 0 Å². The fourth-order valence-corrected chi connectivity index (χ4v) is 2.09. The summed E-state index contributed by atoms with van der Waals surface area (Å²) < 4.78 is 9.62. The van der Waals surface area contributed by atoms with Gasteiger partial charge < -0.3 is 25.3 Å². The van der Waals surface area contributed by atoms with Gasteiger partial charge >= 0.3 is 0 Å². The molecule has 1 aliphatic rings. The van der Waals surface area contributed by atoms with E-state index in [1.807, 2.05) is 20.6 Å². The predicted molar refractivity (Wildman–Crippen MR) is 124 cm³/mol. The van der Waals surface area contributed by atoms with Crippen LogP contribution in [0.15, 0.2) is 30.4 Å². The van der Waals surface area contributed by atoms with Crippen molar-refractivity contribution in [2.24, 2.45) is 5.73 Å². The highest BCUT2D eigenvalue weighted by Crippen LogP contribution is 2.22. The Kier molecular flexibility index (Phi) is 25.5. The molecule has 2 amide bonds. The maximum atomic E-state index is 11.4. The number of anilines is 1. The largest absolute Gasteiger partial charge is 0.382 e. The van der Waals surface area contributed by atoms with Crippen molar-refractivity contribution in [1.29, 1.82) is 0 Å². The third kappa shape index (κ3) is 22.4. The molecule has 7 nitrogen and oxygen atoms in total. The lowest BCUT2D eigenvalue weighted by atomic mass is 10.3. The molecule has 0 aliphatic heterocycles. The molecule has 0 spiro atoms. The highest BCUT2D eigenvalue weighted by molar-refractivity contribution is 6.35. The normalized spacial score (nSPS) is 11.7. The van der Waals surface area contributed by atoms with Crippen molar-refractivity contribution in [2.75, 3.05) is 19.5 Å². The molecule has 1 aromatic carbocycles. The quantitative estimate of drug-likeness (QED) is 0.497. The summed E-state index contributed by atoms with van der Waals surface area (Å²) in [5, 5.41) is 3.59. The van der Waals surface area contributed by atoms with E-state index in [1.54, 1.807) is 32.2 Å². The van der Waals surface area contributed by atoms with Crippen molar-refractivity contribution < 1.29 is 23.9 Å². The summed E-state index contributed by atoms with van der Waals surface area (Å²) in [6.45, 7) is 7.65. The zero-order chi connectivity index (χ0) is 23.9. The summed E-state index contributed by atoms with van der Waals surface area (Å²) in [6.07, 6.45) is 8.62. The fraction of sp³-hybridized carbons (Fsp3) is 0.476. The monoisotopic (exact) mass is 464 g/mol. The molecule has 1 atom stereocenters. The van der Waals surface area contributed by atoms with Gasteiger partial charge in [0.05, 0.1) is 6.10 Å². The van der Waals surface area contributed by atoms with Gasteiger partial charge in [0.15, 0.2) is 0 Å². The molecule has 172 valence electrons. The first-order chi connectivity index (χ1) is 14.2. The number of hydrogen-bond acceptors (Lipinski definition) is 5. The van der Waals surface area contributed by atoms with Crippen molar-refractivity contribution in [2.45, 2.75) is 52.2 Å². The van der Waals surface area contributed by atoms with Crippen LogP contribution < -0.4 is 11.1 Å². The number of ether oxygens (including phenoxy) is 2. The minimum absolute atomic E-state index is 0.240. The number of primary amides is 1. The van der Waals surface area contributed by atoms with Crippen LogP contribution in [0.5, 0.6) is 0 Å². The highest BCUT2D eigenvalue weighted by Gasteiger charge is 2.11. The Bertz CT molecular complexity index is 573.